The lowest BCUT2D eigenvalue weighted by atomic mass is 9.79. The average molecular weight is 185 g/mol. The van der Waals surface area contributed by atoms with Crippen molar-refractivity contribution >= 4 is 5.97 Å². The molecule has 3 nitrogen and oxygen atoms in total. The van der Waals surface area contributed by atoms with Gasteiger partial charge in [0.05, 0.1) is 5.41 Å². The first-order valence-electron chi connectivity index (χ1n) is 4.88. The lowest BCUT2D eigenvalue weighted by molar-refractivity contribution is -0.149. The van der Waals surface area contributed by atoms with E-state index in [9.17, 15) is 9.90 Å². The molecule has 1 rings (SSSR count). The standard InChI is InChI=1S/C10H19NO2/c1-8(2)6-10(9(12)13)4-5-11(3)7-10/h8H,4-7H2,1-3H3,(H,12,13). The van der Waals surface area contributed by atoms with E-state index in [1.54, 1.807) is 0 Å². The Labute approximate surface area is 79.7 Å². The molecule has 0 aromatic rings. The van der Waals surface area contributed by atoms with Gasteiger partial charge >= 0.3 is 5.97 Å². The number of hydrogen-bond acceptors (Lipinski definition) is 2. The summed E-state index contributed by atoms with van der Waals surface area (Å²) in [4.78, 5) is 13.3. The molecule has 1 N–H and O–H groups in total. The summed E-state index contributed by atoms with van der Waals surface area (Å²) in [6.07, 6.45) is 1.60. The molecule has 0 saturated carbocycles. The fourth-order valence-electron chi connectivity index (χ4n) is 2.29. The number of carboxylic acid groups (broad SMARTS) is 1. The number of likely N-dealkylation sites (tertiary alicyclic amines) is 1. The Kier molecular flexibility index (Phi) is 2.96. The number of carboxylic acids is 1. The van der Waals surface area contributed by atoms with Crippen molar-refractivity contribution in [3.8, 4) is 0 Å². The quantitative estimate of drug-likeness (QED) is 0.723. The third-order valence-corrected chi connectivity index (χ3v) is 2.80. The van der Waals surface area contributed by atoms with Crippen molar-refractivity contribution in [1.29, 1.82) is 0 Å². The third-order valence-electron chi connectivity index (χ3n) is 2.80. The van der Waals surface area contributed by atoms with Gasteiger partial charge in [-0.1, -0.05) is 13.8 Å². The van der Waals surface area contributed by atoms with Crippen LogP contribution in [0.3, 0.4) is 0 Å². The number of rotatable bonds is 3. The molecule has 1 aliphatic heterocycles. The van der Waals surface area contributed by atoms with E-state index in [-0.39, 0.29) is 0 Å². The van der Waals surface area contributed by atoms with Crippen LogP contribution in [-0.4, -0.2) is 36.1 Å². The van der Waals surface area contributed by atoms with Crippen LogP contribution >= 0.6 is 0 Å². The second kappa shape index (κ2) is 3.66. The molecule has 1 unspecified atom stereocenters. The topological polar surface area (TPSA) is 40.5 Å². The van der Waals surface area contributed by atoms with E-state index >= 15 is 0 Å². The Morgan fingerprint density at radius 2 is 2.23 bits per heavy atom. The van der Waals surface area contributed by atoms with Gasteiger partial charge in [0.25, 0.3) is 0 Å². The largest absolute Gasteiger partial charge is 0.481 e. The molecule has 1 atom stereocenters. The fourth-order valence-corrected chi connectivity index (χ4v) is 2.29. The molecule has 1 heterocycles. The molecular formula is C10H19NO2. The van der Waals surface area contributed by atoms with Gasteiger partial charge in [0.1, 0.15) is 0 Å². The van der Waals surface area contributed by atoms with Crippen LogP contribution < -0.4 is 0 Å². The first-order chi connectivity index (χ1) is 5.96. The maximum atomic E-state index is 11.2. The summed E-state index contributed by atoms with van der Waals surface area (Å²) in [7, 11) is 1.99. The lowest BCUT2D eigenvalue weighted by Gasteiger charge is -2.25. The first-order valence-corrected chi connectivity index (χ1v) is 4.88. The van der Waals surface area contributed by atoms with Gasteiger partial charge in [-0.3, -0.25) is 4.79 Å². The number of aliphatic carboxylic acids is 1. The molecule has 0 radical (unpaired) electrons. The van der Waals surface area contributed by atoms with E-state index in [4.69, 9.17) is 0 Å². The van der Waals surface area contributed by atoms with Gasteiger partial charge in [0.2, 0.25) is 0 Å². The Morgan fingerprint density at radius 1 is 1.62 bits per heavy atom. The SMILES string of the molecule is CC(C)CC1(C(=O)O)CCN(C)C1. The summed E-state index contributed by atoms with van der Waals surface area (Å²) < 4.78 is 0. The highest BCUT2D eigenvalue weighted by molar-refractivity contribution is 5.75. The predicted octanol–water partition coefficient (Wildman–Crippen LogP) is 1.44. The first kappa shape index (κ1) is 10.5. The monoisotopic (exact) mass is 185 g/mol. The normalized spacial score (nSPS) is 29.8. The van der Waals surface area contributed by atoms with Crippen LogP contribution in [0.2, 0.25) is 0 Å². The number of hydrogen-bond donors (Lipinski definition) is 1. The Balaban J connectivity index is 2.71. The summed E-state index contributed by atoms with van der Waals surface area (Å²) in [5, 5.41) is 9.20. The molecule has 1 aliphatic rings. The third kappa shape index (κ3) is 2.21. The van der Waals surface area contributed by atoms with Crippen LogP contribution in [-0.2, 0) is 4.79 Å². The van der Waals surface area contributed by atoms with Crippen LogP contribution in [0.15, 0.2) is 0 Å². The smallest absolute Gasteiger partial charge is 0.310 e. The van der Waals surface area contributed by atoms with Crippen LogP contribution in [0.4, 0.5) is 0 Å². The predicted molar refractivity (Wildman–Crippen MR) is 51.6 cm³/mol. The van der Waals surface area contributed by atoms with E-state index in [2.05, 4.69) is 18.7 Å². The second-order valence-corrected chi connectivity index (χ2v) is 4.67. The maximum absolute atomic E-state index is 11.2. The van der Waals surface area contributed by atoms with E-state index < -0.39 is 11.4 Å². The Hall–Kier alpha value is -0.570. The zero-order valence-electron chi connectivity index (χ0n) is 8.71. The van der Waals surface area contributed by atoms with Crippen molar-refractivity contribution in [2.24, 2.45) is 11.3 Å². The average Bonchev–Trinajstić information content (AvgIpc) is 2.31. The minimum Gasteiger partial charge on any atom is -0.481 e. The van der Waals surface area contributed by atoms with E-state index in [1.807, 2.05) is 7.05 Å². The zero-order chi connectivity index (χ0) is 10.1. The maximum Gasteiger partial charge on any atom is 0.310 e. The molecule has 0 bridgehead atoms. The highest BCUT2D eigenvalue weighted by Gasteiger charge is 2.43. The summed E-state index contributed by atoms with van der Waals surface area (Å²) >= 11 is 0. The van der Waals surface area contributed by atoms with Crippen molar-refractivity contribution in [3.05, 3.63) is 0 Å². The zero-order valence-corrected chi connectivity index (χ0v) is 8.71. The van der Waals surface area contributed by atoms with Crippen molar-refractivity contribution in [3.63, 3.8) is 0 Å². The Bertz CT molecular complexity index is 203. The lowest BCUT2D eigenvalue weighted by Crippen LogP contribution is -2.35. The van der Waals surface area contributed by atoms with E-state index in [0.29, 0.717) is 12.5 Å². The van der Waals surface area contributed by atoms with Gasteiger partial charge in [-0.25, -0.2) is 0 Å². The number of nitrogens with zero attached hydrogens (tertiary/aromatic N) is 1. The molecule has 0 spiro atoms. The molecule has 0 aromatic heterocycles. The Morgan fingerprint density at radius 3 is 2.54 bits per heavy atom. The van der Waals surface area contributed by atoms with Crippen molar-refractivity contribution < 1.29 is 9.90 Å². The molecule has 76 valence electrons. The van der Waals surface area contributed by atoms with Crippen LogP contribution in [0, 0.1) is 11.3 Å². The molecule has 0 amide bonds. The summed E-state index contributed by atoms with van der Waals surface area (Å²) in [5.74, 6) is -0.159. The van der Waals surface area contributed by atoms with Gasteiger partial charge in [-0.2, -0.15) is 0 Å². The van der Waals surface area contributed by atoms with E-state index in [0.717, 1.165) is 19.4 Å². The van der Waals surface area contributed by atoms with Gasteiger partial charge in [0.15, 0.2) is 0 Å². The molecule has 1 fully saturated rings. The molecule has 0 aromatic carbocycles. The minimum atomic E-state index is -0.620. The van der Waals surface area contributed by atoms with E-state index in [1.165, 1.54) is 0 Å². The van der Waals surface area contributed by atoms with Crippen molar-refractivity contribution in [2.45, 2.75) is 26.7 Å². The molecule has 13 heavy (non-hydrogen) atoms. The summed E-state index contributed by atoms with van der Waals surface area (Å²) in [6.45, 7) is 5.80. The summed E-state index contributed by atoms with van der Waals surface area (Å²) in [6, 6.07) is 0. The van der Waals surface area contributed by atoms with Gasteiger partial charge in [0, 0.05) is 6.54 Å². The molecule has 3 heteroatoms. The van der Waals surface area contributed by atoms with Gasteiger partial charge in [-0.05, 0) is 32.4 Å². The van der Waals surface area contributed by atoms with Gasteiger partial charge < -0.3 is 10.0 Å². The highest BCUT2D eigenvalue weighted by atomic mass is 16.4. The fraction of sp³-hybridized carbons (Fsp3) is 0.900. The number of carbonyl (C=O) groups is 1. The molecule has 1 saturated heterocycles. The summed E-state index contributed by atoms with van der Waals surface area (Å²) in [5.41, 5.74) is -0.469. The van der Waals surface area contributed by atoms with Crippen molar-refractivity contribution in [2.75, 3.05) is 20.1 Å². The van der Waals surface area contributed by atoms with Crippen LogP contribution in [0.25, 0.3) is 0 Å². The van der Waals surface area contributed by atoms with Crippen LogP contribution in [0.1, 0.15) is 26.7 Å². The van der Waals surface area contributed by atoms with Crippen LogP contribution in [0.5, 0.6) is 0 Å². The minimum absolute atomic E-state index is 0.461. The molecular weight excluding hydrogens is 166 g/mol. The van der Waals surface area contributed by atoms with Gasteiger partial charge in [-0.15, -0.1) is 0 Å². The molecule has 0 aliphatic carbocycles. The highest BCUT2D eigenvalue weighted by Crippen LogP contribution is 2.36. The van der Waals surface area contributed by atoms with Crippen molar-refractivity contribution in [1.82, 2.24) is 4.90 Å². The second-order valence-electron chi connectivity index (χ2n) is 4.67.